The maximum absolute atomic E-state index is 13.0. The molecule has 2 N–H and O–H groups in total. The minimum Gasteiger partial charge on any atom is -0.487 e. The second-order valence-corrected chi connectivity index (χ2v) is 9.72. The van der Waals surface area contributed by atoms with E-state index >= 15 is 0 Å². The maximum Gasteiger partial charge on any atom is 0.332 e. The molecule has 188 valence electrons. The molecule has 2 amide bonds. The standard InChI is InChI=1S/C29H33N3O4/c1-2-35-27(33)29(32-28(34)30-22-13-7-4-8-14-22)18-23(29)24-17-16-21-12-9-15-25(26(21)31-24)36-19-20-10-5-3-6-11-20/h3,5-6,9-12,15-17,22-23H,2,4,7-8,13-14,18-19H2,1H3,(H2,30,32,34). The molecule has 0 aliphatic heterocycles. The summed E-state index contributed by atoms with van der Waals surface area (Å²) in [6, 6.07) is 19.6. The summed E-state index contributed by atoms with van der Waals surface area (Å²) in [7, 11) is 0. The number of para-hydroxylation sites is 1. The number of fused-ring (bicyclic) bond motifs is 1. The van der Waals surface area contributed by atoms with Crippen molar-refractivity contribution in [2.75, 3.05) is 6.61 Å². The third-order valence-corrected chi connectivity index (χ3v) is 7.18. The summed E-state index contributed by atoms with van der Waals surface area (Å²) >= 11 is 0. The highest BCUT2D eigenvalue weighted by atomic mass is 16.5. The molecule has 2 saturated carbocycles. The highest BCUT2D eigenvalue weighted by Crippen LogP contribution is 2.52. The Hall–Kier alpha value is -3.61. The lowest BCUT2D eigenvalue weighted by atomic mass is 9.96. The lowest BCUT2D eigenvalue weighted by molar-refractivity contribution is -0.146. The first-order valence-corrected chi connectivity index (χ1v) is 12.9. The quantitative estimate of drug-likeness (QED) is 0.425. The van der Waals surface area contributed by atoms with E-state index in [1.165, 1.54) is 6.42 Å². The number of hydrogen-bond acceptors (Lipinski definition) is 5. The van der Waals surface area contributed by atoms with Crippen LogP contribution >= 0.6 is 0 Å². The number of ether oxygens (including phenoxy) is 2. The van der Waals surface area contributed by atoms with Crippen molar-refractivity contribution in [2.45, 2.75) is 69.6 Å². The van der Waals surface area contributed by atoms with Crippen LogP contribution in [0.2, 0.25) is 0 Å². The molecule has 2 atom stereocenters. The van der Waals surface area contributed by atoms with Gasteiger partial charge in [0.25, 0.3) is 0 Å². The van der Waals surface area contributed by atoms with Gasteiger partial charge >= 0.3 is 12.0 Å². The molecular weight excluding hydrogens is 454 g/mol. The highest BCUT2D eigenvalue weighted by Gasteiger charge is 2.64. The van der Waals surface area contributed by atoms with Gasteiger partial charge in [0.15, 0.2) is 0 Å². The van der Waals surface area contributed by atoms with E-state index in [9.17, 15) is 9.59 Å². The Morgan fingerprint density at radius 3 is 2.58 bits per heavy atom. The van der Waals surface area contributed by atoms with Crippen molar-refractivity contribution < 1.29 is 19.1 Å². The lowest BCUT2D eigenvalue weighted by Crippen LogP contribution is -2.52. The summed E-state index contributed by atoms with van der Waals surface area (Å²) in [4.78, 5) is 30.8. The Morgan fingerprint density at radius 1 is 1.00 bits per heavy atom. The number of urea groups is 1. The molecule has 3 aromatic rings. The van der Waals surface area contributed by atoms with Crippen molar-refractivity contribution in [3.63, 3.8) is 0 Å². The summed E-state index contributed by atoms with van der Waals surface area (Å²) in [5, 5.41) is 6.97. The fraction of sp³-hybridized carbons (Fsp3) is 0.414. The van der Waals surface area contributed by atoms with Crippen molar-refractivity contribution in [1.29, 1.82) is 0 Å². The normalized spacial score (nSPS) is 21.5. The molecule has 0 spiro atoms. The van der Waals surface area contributed by atoms with E-state index in [0.717, 1.165) is 47.8 Å². The van der Waals surface area contributed by atoms with Crippen LogP contribution in [-0.4, -0.2) is 35.2 Å². The fourth-order valence-electron chi connectivity index (χ4n) is 5.15. The zero-order valence-electron chi connectivity index (χ0n) is 20.7. The van der Waals surface area contributed by atoms with Gasteiger partial charge in [-0.15, -0.1) is 0 Å². The molecule has 7 heteroatoms. The van der Waals surface area contributed by atoms with Gasteiger partial charge < -0.3 is 20.1 Å². The van der Waals surface area contributed by atoms with Crippen molar-refractivity contribution in [3.8, 4) is 5.75 Å². The predicted octanol–water partition coefficient (Wildman–Crippen LogP) is 5.23. The van der Waals surface area contributed by atoms with Crippen molar-refractivity contribution in [3.05, 3.63) is 71.9 Å². The molecule has 2 aliphatic rings. The number of carbonyl (C=O) groups excluding carboxylic acids is 2. The largest absolute Gasteiger partial charge is 0.487 e. The van der Waals surface area contributed by atoms with Crippen LogP contribution in [0.5, 0.6) is 5.75 Å². The third kappa shape index (κ3) is 5.15. The summed E-state index contributed by atoms with van der Waals surface area (Å²) in [5.41, 5.74) is 1.45. The van der Waals surface area contributed by atoms with E-state index in [1.807, 2.05) is 60.7 Å². The fourth-order valence-corrected chi connectivity index (χ4v) is 5.15. The third-order valence-electron chi connectivity index (χ3n) is 7.18. The molecule has 0 bridgehead atoms. The number of benzene rings is 2. The van der Waals surface area contributed by atoms with Crippen LogP contribution in [0.25, 0.3) is 10.9 Å². The first-order chi connectivity index (χ1) is 17.6. The Bertz CT molecular complexity index is 1230. The van der Waals surface area contributed by atoms with E-state index in [1.54, 1.807) is 6.92 Å². The van der Waals surface area contributed by atoms with Gasteiger partial charge in [0.1, 0.15) is 23.4 Å². The minimum absolute atomic E-state index is 0.151. The second-order valence-electron chi connectivity index (χ2n) is 9.72. The van der Waals surface area contributed by atoms with Crippen LogP contribution in [0.4, 0.5) is 4.79 Å². The number of esters is 1. The summed E-state index contributed by atoms with van der Waals surface area (Å²) in [6.45, 7) is 2.46. The molecule has 1 heterocycles. The summed E-state index contributed by atoms with van der Waals surface area (Å²) in [5.74, 6) is 0.00753. The van der Waals surface area contributed by atoms with Gasteiger partial charge in [-0.25, -0.2) is 14.6 Å². The van der Waals surface area contributed by atoms with Crippen molar-refractivity contribution >= 4 is 22.9 Å². The molecule has 2 fully saturated rings. The Morgan fingerprint density at radius 2 is 1.81 bits per heavy atom. The minimum atomic E-state index is -1.10. The van der Waals surface area contributed by atoms with E-state index in [4.69, 9.17) is 14.5 Å². The molecule has 0 saturated heterocycles. The smallest absolute Gasteiger partial charge is 0.332 e. The van der Waals surface area contributed by atoms with Crippen LogP contribution in [0, 0.1) is 0 Å². The molecule has 7 nitrogen and oxygen atoms in total. The van der Waals surface area contributed by atoms with Gasteiger partial charge in [0, 0.05) is 23.0 Å². The second kappa shape index (κ2) is 10.6. The zero-order chi connectivity index (χ0) is 25.0. The zero-order valence-corrected chi connectivity index (χ0v) is 20.7. The molecule has 1 aromatic heterocycles. The van der Waals surface area contributed by atoms with Crippen molar-refractivity contribution in [1.82, 2.24) is 15.6 Å². The van der Waals surface area contributed by atoms with E-state index in [2.05, 4.69) is 10.6 Å². The van der Waals surface area contributed by atoms with Crippen LogP contribution in [0.1, 0.15) is 62.6 Å². The number of aromatic nitrogens is 1. The molecule has 2 aliphatic carbocycles. The van der Waals surface area contributed by atoms with E-state index in [0.29, 0.717) is 18.8 Å². The average Bonchev–Trinajstić information content (AvgIpc) is 3.63. The number of rotatable bonds is 8. The van der Waals surface area contributed by atoms with Crippen LogP contribution in [-0.2, 0) is 16.1 Å². The predicted molar refractivity (Wildman–Crippen MR) is 138 cm³/mol. The number of nitrogens with one attached hydrogen (secondary N) is 2. The van der Waals surface area contributed by atoms with Crippen LogP contribution < -0.4 is 15.4 Å². The Labute approximate surface area is 211 Å². The molecule has 2 aromatic carbocycles. The molecule has 2 unspecified atom stereocenters. The number of amides is 2. The van der Waals surface area contributed by atoms with Gasteiger partial charge in [-0.05, 0) is 43.9 Å². The van der Waals surface area contributed by atoms with Gasteiger partial charge in [-0.3, -0.25) is 0 Å². The van der Waals surface area contributed by atoms with Gasteiger partial charge in [0.2, 0.25) is 0 Å². The SMILES string of the molecule is CCOC(=O)C1(NC(=O)NC2CCCCC2)CC1c1ccc2cccc(OCc3ccccc3)c2n1. The number of nitrogens with zero attached hydrogens (tertiary/aromatic N) is 1. The summed E-state index contributed by atoms with van der Waals surface area (Å²) < 4.78 is 11.5. The highest BCUT2D eigenvalue weighted by molar-refractivity contribution is 5.93. The number of pyridine rings is 1. The monoisotopic (exact) mass is 487 g/mol. The van der Waals surface area contributed by atoms with Gasteiger partial charge in [-0.2, -0.15) is 0 Å². The van der Waals surface area contributed by atoms with Gasteiger partial charge in [0.05, 0.1) is 6.61 Å². The number of hydrogen-bond donors (Lipinski definition) is 2. The van der Waals surface area contributed by atoms with Crippen LogP contribution in [0.3, 0.4) is 0 Å². The Kier molecular flexibility index (Phi) is 7.07. The van der Waals surface area contributed by atoms with Crippen LogP contribution in [0.15, 0.2) is 60.7 Å². The van der Waals surface area contributed by atoms with E-state index in [-0.39, 0.29) is 24.6 Å². The first kappa shape index (κ1) is 24.1. The first-order valence-electron chi connectivity index (χ1n) is 12.9. The summed E-state index contributed by atoms with van der Waals surface area (Å²) in [6.07, 6.45) is 5.84. The molecule has 5 rings (SSSR count). The van der Waals surface area contributed by atoms with E-state index < -0.39 is 11.5 Å². The molecule has 0 radical (unpaired) electrons. The number of carbonyl (C=O) groups is 2. The maximum atomic E-state index is 13.0. The molecular formula is C29H33N3O4. The average molecular weight is 488 g/mol. The lowest BCUT2D eigenvalue weighted by Gasteiger charge is -2.25. The Balaban J connectivity index is 1.36. The topological polar surface area (TPSA) is 89.5 Å². The molecule has 36 heavy (non-hydrogen) atoms. The van der Waals surface area contributed by atoms with Crippen molar-refractivity contribution in [2.24, 2.45) is 0 Å². The van der Waals surface area contributed by atoms with Gasteiger partial charge in [-0.1, -0.05) is 67.8 Å².